The Morgan fingerprint density at radius 1 is 1.00 bits per heavy atom. The summed E-state index contributed by atoms with van der Waals surface area (Å²) in [5.74, 6) is 1.54. The highest BCUT2D eigenvalue weighted by molar-refractivity contribution is 6.12. The summed E-state index contributed by atoms with van der Waals surface area (Å²) in [5, 5.41) is 14.5. The number of aliphatic imine (C=N–C) groups is 1. The van der Waals surface area contributed by atoms with Gasteiger partial charge >= 0.3 is 0 Å². The Labute approximate surface area is 200 Å². The van der Waals surface area contributed by atoms with Crippen LogP contribution in [0.4, 0.5) is 0 Å². The maximum absolute atomic E-state index is 13.6. The van der Waals surface area contributed by atoms with Gasteiger partial charge < -0.3 is 0 Å². The number of aromatic amines is 1. The third kappa shape index (κ3) is 4.30. The van der Waals surface area contributed by atoms with E-state index < -0.39 is 5.54 Å². The van der Waals surface area contributed by atoms with Crippen LogP contribution in [0.25, 0.3) is 22.5 Å². The Kier molecular flexibility index (Phi) is 6.34. The van der Waals surface area contributed by atoms with Crippen LogP contribution < -0.4 is 0 Å². The Morgan fingerprint density at radius 2 is 1.74 bits per heavy atom. The SMILES string of the molecule is CCC=CC1=NC2(CCCCCC2)C(=O)N1Cc1ccc(-c2ccccc2-c2nn[nH]n2)cc1. The number of tetrazole rings is 1. The predicted molar refractivity (Wildman–Crippen MR) is 133 cm³/mol. The van der Waals surface area contributed by atoms with Gasteiger partial charge in [-0.05, 0) is 47.2 Å². The maximum Gasteiger partial charge on any atom is 0.256 e. The van der Waals surface area contributed by atoms with Gasteiger partial charge in [0, 0.05) is 5.56 Å². The number of rotatable bonds is 6. The number of amidine groups is 1. The Hall–Kier alpha value is -3.61. The van der Waals surface area contributed by atoms with Crippen molar-refractivity contribution in [2.45, 2.75) is 64.0 Å². The lowest BCUT2D eigenvalue weighted by molar-refractivity contribution is -0.132. The summed E-state index contributed by atoms with van der Waals surface area (Å²) in [5.41, 5.74) is 3.55. The van der Waals surface area contributed by atoms with Crippen LogP contribution in [-0.4, -0.2) is 42.8 Å². The highest BCUT2D eigenvalue weighted by Gasteiger charge is 2.47. The first-order valence-electron chi connectivity index (χ1n) is 12.2. The van der Waals surface area contributed by atoms with Gasteiger partial charge in [-0.15, -0.1) is 10.2 Å². The van der Waals surface area contributed by atoms with E-state index >= 15 is 0 Å². The van der Waals surface area contributed by atoms with Crippen molar-refractivity contribution in [1.82, 2.24) is 25.5 Å². The highest BCUT2D eigenvalue weighted by Crippen LogP contribution is 2.37. The fourth-order valence-electron chi connectivity index (χ4n) is 5.00. The van der Waals surface area contributed by atoms with Crippen molar-refractivity contribution in [3.05, 3.63) is 66.2 Å². The molecule has 0 bridgehead atoms. The molecule has 1 aromatic heterocycles. The zero-order valence-corrected chi connectivity index (χ0v) is 19.6. The van der Waals surface area contributed by atoms with E-state index in [0.717, 1.165) is 60.2 Å². The quantitative estimate of drug-likeness (QED) is 0.545. The number of nitrogens with zero attached hydrogens (tertiary/aromatic N) is 5. The molecule has 7 heteroatoms. The summed E-state index contributed by atoms with van der Waals surface area (Å²) in [6.07, 6.45) is 11.3. The van der Waals surface area contributed by atoms with E-state index in [1.807, 2.05) is 29.2 Å². The van der Waals surface area contributed by atoms with Crippen molar-refractivity contribution in [3.8, 4) is 22.5 Å². The molecule has 1 fully saturated rings. The second-order valence-electron chi connectivity index (χ2n) is 9.10. The summed E-state index contributed by atoms with van der Waals surface area (Å²) in [6, 6.07) is 16.4. The minimum atomic E-state index is -0.562. The lowest BCUT2D eigenvalue weighted by atomic mass is 9.90. The number of H-pyrrole nitrogens is 1. The maximum atomic E-state index is 13.6. The first-order valence-corrected chi connectivity index (χ1v) is 12.2. The number of hydrogen-bond acceptors (Lipinski definition) is 5. The van der Waals surface area contributed by atoms with Gasteiger partial charge in [0.05, 0.1) is 6.54 Å². The molecule has 3 aromatic rings. The van der Waals surface area contributed by atoms with E-state index in [1.54, 1.807) is 0 Å². The molecule has 174 valence electrons. The minimum absolute atomic E-state index is 0.164. The molecule has 1 spiro atoms. The number of aromatic nitrogens is 4. The summed E-state index contributed by atoms with van der Waals surface area (Å²) >= 11 is 0. The van der Waals surface area contributed by atoms with E-state index in [1.165, 1.54) is 12.8 Å². The fourth-order valence-corrected chi connectivity index (χ4v) is 5.00. The summed E-state index contributed by atoms with van der Waals surface area (Å²) in [7, 11) is 0. The predicted octanol–water partition coefficient (Wildman–Crippen LogP) is 5.33. The third-order valence-corrected chi connectivity index (χ3v) is 6.80. The van der Waals surface area contributed by atoms with Crippen LogP contribution in [0.3, 0.4) is 0 Å². The molecule has 1 amide bonds. The molecule has 1 aliphatic carbocycles. The molecule has 34 heavy (non-hydrogen) atoms. The lowest BCUT2D eigenvalue weighted by Gasteiger charge is -2.25. The van der Waals surface area contributed by atoms with Crippen molar-refractivity contribution < 1.29 is 4.79 Å². The lowest BCUT2D eigenvalue weighted by Crippen LogP contribution is -2.41. The molecule has 0 radical (unpaired) electrons. The average molecular weight is 455 g/mol. The molecule has 0 unspecified atom stereocenters. The molecule has 7 nitrogen and oxygen atoms in total. The number of carbonyl (C=O) groups excluding carboxylic acids is 1. The molecule has 2 aromatic carbocycles. The zero-order chi connectivity index (χ0) is 23.4. The van der Waals surface area contributed by atoms with Gasteiger partial charge in [0.15, 0.2) is 0 Å². The second-order valence-corrected chi connectivity index (χ2v) is 9.10. The molecule has 1 aliphatic heterocycles. The number of amides is 1. The fraction of sp³-hybridized carbons (Fsp3) is 0.370. The second kappa shape index (κ2) is 9.71. The van der Waals surface area contributed by atoms with E-state index in [4.69, 9.17) is 4.99 Å². The van der Waals surface area contributed by atoms with Crippen LogP contribution in [0, 0.1) is 0 Å². The van der Waals surface area contributed by atoms with Crippen LogP contribution in [-0.2, 0) is 11.3 Å². The van der Waals surface area contributed by atoms with Crippen molar-refractivity contribution in [1.29, 1.82) is 0 Å². The normalized spacial score (nSPS) is 18.0. The van der Waals surface area contributed by atoms with E-state index in [2.05, 4.69) is 64.0 Å². The van der Waals surface area contributed by atoms with Gasteiger partial charge in [-0.2, -0.15) is 5.21 Å². The van der Waals surface area contributed by atoms with Gasteiger partial charge in [-0.25, -0.2) is 0 Å². The molecule has 2 aliphatic rings. The standard InChI is InChI=1S/C27H30N6O/c1-2-3-12-24-28-27(17-8-4-5-9-18-27)26(34)33(24)19-20-13-15-21(16-14-20)22-10-6-7-11-23(22)25-29-31-32-30-25/h3,6-7,10-16H,2,4-5,8-9,17-19H2,1H3,(H,29,30,31,32). The zero-order valence-electron chi connectivity index (χ0n) is 19.6. The van der Waals surface area contributed by atoms with Crippen LogP contribution >= 0.6 is 0 Å². The first kappa shape index (κ1) is 22.2. The third-order valence-electron chi connectivity index (χ3n) is 6.80. The topological polar surface area (TPSA) is 87.1 Å². The van der Waals surface area contributed by atoms with Crippen LogP contribution in [0.2, 0.25) is 0 Å². The molecule has 2 heterocycles. The van der Waals surface area contributed by atoms with Crippen LogP contribution in [0.5, 0.6) is 0 Å². The van der Waals surface area contributed by atoms with Crippen molar-refractivity contribution >= 4 is 11.7 Å². The van der Waals surface area contributed by atoms with Crippen LogP contribution in [0.15, 0.2) is 65.7 Å². The van der Waals surface area contributed by atoms with E-state index in [0.29, 0.717) is 12.4 Å². The highest BCUT2D eigenvalue weighted by atomic mass is 16.2. The molecule has 1 N–H and O–H groups in total. The van der Waals surface area contributed by atoms with Gasteiger partial charge in [-0.1, -0.05) is 87.2 Å². The number of nitrogens with one attached hydrogen (secondary N) is 1. The monoisotopic (exact) mass is 454 g/mol. The minimum Gasteiger partial charge on any atom is -0.290 e. The number of allylic oxidation sites excluding steroid dienone is 1. The number of carbonyl (C=O) groups is 1. The smallest absolute Gasteiger partial charge is 0.256 e. The largest absolute Gasteiger partial charge is 0.290 e. The molecule has 0 atom stereocenters. The van der Waals surface area contributed by atoms with Crippen molar-refractivity contribution in [3.63, 3.8) is 0 Å². The molecular formula is C27H30N6O. The van der Waals surface area contributed by atoms with E-state index in [-0.39, 0.29) is 5.91 Å². The van der Waals surface area contributed by atoms with E-state index in [9.17, 15) is 4.79 Å². The van der Waals surface area contributed by atoms with Crippen LogP contribution in [0.1, 0.15) is 57.4 Å². The Morgan fingerprint density at radius 3 is 2.41 bits per heavy atom. The average Bonchev–Trinajstić information content (AvgIpc) is 3.41. The van der Waals surface area contributed by atoms with Gasteiger partial charge in [0.25, 0.3) is 5.91 Å². The Bertz CT molecular complexity index is 1190. The molecule has 0 saturated heterocycles. The number of hydrogen-bond donors (Lipinski definition) is 1. The number of benzene rings is 2. The summed E-state index contributed by atoms with van der Waals surface area (Å²) in [4.78, 5) is 20.5. The summed E-state index contributed by atoms with van der Waals surface area (Å²) < 4.78 is 0. The molecule has 1 saturated carbocycles. The van der Waals surface area contributed by atoms with Gasteiger partial charge in [-0.3, -0.25) is 14.7 Å². The molecule has 5 rings (SSSR count). The first-order chi connectivity index (χ1) is 16.7. The Balaban J connectivity index is 1.40. The van der Waals surface area contributed by atoms with Crippen molar-refractivity contribution in [2.24, 2.45) is 4.99 Å². The summed E-state index contributed by atoms with van der Waals surface area (Å²) in [6.45, 7) is 2.63. The van der Waals surface area contributed by atoms with Crippen molar-refractivity contribution in [2.75, 3.05) is 0 Å². The molecular weight excluding hydrogens is 424 g/mol. The van der Waals surface area contributed by atoms with Gasteiger partial charge in [0.2, 0.25) is 5.82 Å². The van der Waals surface area contributed by atoms with Gasteiger partial charge in [0.1, 0.15) is 11.4 Å².